The van der Waals surface area contributed by atoms with Gasteiger partial charge in [0.25, 0.3) is 0 Å². The number of hydrogen-bond donors (Lipinski definition) is 3. The lowest BCUT2D eigenvalue weighted by Gasteiger charge is -2.22. The van der Waals surface area contributed by atoms with Crippen molar-refractivity contribution in [3.63, 3.8) is 0 Å². The number of carbonyl (C=O) groups is 2. The van der Waals surface area contributed by atoms with Crippen molar-refractivity contribution in [3.05, 3.63) is 24.3 Å². The third-order valence-electron chi connectivity index (χ3n) is 17.0. The highest BCUT2D eigenvalue weighted by Gasteiger charge is 2.20. The third-order valence-corrected chi connectivity index (χ3v) is 17.0. The van der Waals surface area contributed by atoms with Crippen LogP contribution in [0.5, 0.6) is 0 Å². The number of amides is 1. The maximum absolute atomic E-state index is 12.6. The summed E-state index contributed by atoms with van der Waals surface area (Å²) < 4.78 is 5.47. The molecule has 0 aliphatic rings. The van der Waals surface area contributed by atoms with Gasteiger partial charge in [0, 0.05) is 12.8 Å². The van der Waals surface area contributed by atoms with Gasteiger partial charge < -0.3 is 20.3 Å². The van der Waals surface area contributed by atoms with Gasteiger partial charge >= 0.3 is 5.97 Å². The fourth-order valence-electron chi connectivity index (χ4n) is 11.5. The Kier molecular flexibility index (Phi) is 67.4. The van der Waals surface area contributed by atoms with Gasteiger partial charge in [0.15, 0.2) is 0 Å². The Morgan fingerprint density at radius 3 is 0.924 bits per heavy atom. The largest absolute Gasteiger partial charge is 0.466 e. The molecule has 0 saturated heterocycles. The SMILES string of the molecule is CCCCC/C=C\CCCCCCCC(=O)OCCCCCCCCCCCCCC/C=C\CCCCCCCCCCCCC(=O)NC(CO)C(O)CCCCCCCCCCCCCCCCCCCCCCCCCC. The van der Waals surface area contributed by atoms with Gasteiger partial charge in [0.1, 0.15) is 0 Å². The summed E-state index contributed by atoms with van der Waals surface area (Å²) in [5.74, 6) is -0.0269. The molecule has 0 saturated carbocycles. The highest BCUT2D eigenvalue weighted by Crippen LogP contribution is 2.19. The summed E-state index contributed by atoms with van der Waals surface area (Å²) in [6, 6.07) is -0.544. The molecule has 0 heterocycles. The number of aliphatic hydroxyl groups excluding tert-OH is 2. The van der Waals surface area contributed by atoms with E-state index in [0.717, 1.165) is 44.9 Å². The zero-order valence-electron chi connectivity index (χ0n) is 53.6. The summed E-state index contributed by atoms with van der Waals surface area (Å²) >= 11 is 0. The molecule has 0 bridgehead atoms. The molecule has 0 aliphatic heterocycles. The van der Waals surface area contributed by atoms with Gasteiger partial charge in [-0.15, -0.1) is 0 Å². The normalized spacial score (nSPS) is 12.6. The van der Waals surface area contributed by atoms with E-state index in [1.165, 1.54) is 327 Å². The van der Waals surface area contributed by atoms with Gasteiger partial charge in [-0.05, 0) is 77.0 Å². The van der Waals surface area contributed by atoms with Crippen LogP contribution < -0.4 is 5.32 Å². The Morgan fingerprint density at radius 2 is 0.595 bits per heavy atom. The standard InChI is InChI=1S/C73H141NO5/c1-3-5-7-9-11-13-15-17-18-19-20-21-22-27-30-33-36-39-42-45-49-53-57-61-65-71(76)70(69-75)74-72(77)66-62-58-54-50-46-43-40-37-34-31-28-25-23-24-26-29-32-35-38-41-44-48-52-56-60-64-68-79-73(78)67-63-59-55-51-47-16-14-12-10-8-6-4-2/h12,14,23,25,70-71,75-76H,3-11,13,15-22,24,26-69H2,1-2H3,(H,74,77)/b14-12-,25-23-. The van der Waals surface area contributed by atoms with Crippen LogP contribution in [0.2, 0.25) is 0 Å². The van der Waals surface area contributed by atoms with Crippen molar-refractivity contribution in [3.8, 4) is 0 Å². The quantitative estimate of drug-likeness (QED) is 0.0320. The minimum absolute atomic E-state index is 0.00501. The fraction of sp³-hybridized carbons (Fsp3) is 0.918. The number of esters is 1. The van der Waals surface area contributed by atoms with E-state index in [2.05, 4.69) is 43.5 Å². The van der Waals surface area contributed by atoms with Gasteiger partial charge in [-0.1, -0.05) is 340 Å². The van der Waals surface area contributed by atoms with Crippen molar-refractivity contribution in [2.75, 3.05) is 13.2 Å². The van der Waals surface area contributed by atoms with Gasteiger partial charge in [-0.3, -0.25) is 9.59 Å². The van der Waals surface area contributed by atoms with Crippen molar-refractivity contribution in [1.82, 2.24) is 5.32 Å². The second kappa shape index (κ2) is 68.8. The molecule has 0 aromatic heterocycles. The van der Waals surface area contributed by atoms with E-state index in [1.807, 2.05) is 0 Å². The predicted molar refractivity (Wildman–Crippen MR) is 347 cm³/mol. The van der Waals surface area contributed by atoms with E-state index in [4.69, 9.17) is 4.74 Å². The predicted octanol–water partition coefficient (Wildman–Crippen LogP) is 23.3. The van der Waals surface area contributed by atoms with E-state index in [9.17, 15) is 19.8 Å². The van der Waals surface area contributed by atoms with E-state index < -0.39 is 12.1 Å². The molecule has 0 radical (unpaired) electrons. The molecule has 0 aliphatic carbocycles. The summed E-state index contributed by atoms with van der Waals surface area (Å²) in [7, 11) is 0. The Morgan fingerprint density at radius 1 is 0.342 bits per heavy atom. The summed E-state index contributed by atoms with van der Waals surface area (Å²) in [5, 5.41) is 23.4. The molecule has 468 valence electrons. The summed E-state index contributed by atoms with van der Waals surface area (Å²) in [4.78, 5) is 24.6. The van der Waals surface area contributed by atoms with E-state index >= 15 is 0 Å². The van der Waals surface area contributed by atoms with E-state index in [-0.39, 0.29) is 18.5 Å². The van der Waals surface area contributed by atoms with Crippen molar-refractivity contribution in [2.24, 2.45) is 0 Å². The highest BCUT2D eigenvalue weighted by atomic mass is 16.5. The molecular formula is C73H141NO5. The number of aliphatic hydroxyl groups is 2. The van der Waals surface area contributed by atoms with Crippen LogP contribution in [-0.4, -0.2) is 47.4 Å². The Bertz CT molecular complexity index is 1230. The summed E-state index contributed by atoms with van der Waals surface area (Å²) in [6.45, 7) is 4.96. The van der Waals surface area contributed by atoms with Crippen LogP contribution in [0.4, 0.5) is 0 Å². The zero-order chi connectivity index (χ0) is 57.1. The average Bonchev–Trinajstić information content (AvgIpc) is 3.45. The lowest BCUT2D eigenvalue weighted by atomic mass is 10.0. The van der Waals surface area contributed by atoms with Crippen LogP contribution in [0.1, 0.15) is 406 Å². The monoisotopic (exact) mass is 1110 g/mol. The molecule has 0 spiro atoms. The van der Waals surface area contributed by atoms with Gasteiger partial charge in [-0.2, -0.15) is 0 Å². The molecule has 3 N–H and O–H groups in total. The second-order valence-corrected chi connectivity index (χ2v) is 24.9. The molecular weight excluding hydrogens is 971 g/mol. The third kappa shape index (κ3) is 65.4. The first-order valence-electron chi connectivity index (χ1n) is 36.1. The van der Waals surface area contributed by atoms with Crippen LogP contribution >= 0.6 is 0 Å². The Balaban J connectivity index is 3.39. The van der Waals surface area contributed by atoms with Crippen molar-refractivity contribution in [1.29, 1.82) is 0 Å². The minimum Gasteiger partial charge on any atom is -0.466 e. The zero-order valence-corrected chi connectivity index (χ0v) is 53.6. The topological polar surface area (TPSA) is 95.9 Å². The van der Waals surface area contributed by atoms with Crippen LogP contribution in [-0.2, 0) is 14.3 Å². The highest BCUT2D eigenvalue weighted by molar-refractivity contribution is 5.76. The molecule has 6 heteroatoms. The molecule has 79 heavy (non-hydrogen) atoms. The number of unbranched alkanes of at least 4 members (excludes halogenated alkanes) is 53. The Hall–Kier alpha value is -1.66. The number of carbonyl (C=O) groups excluding carboxylic acids is 2. The first-order valence-corrected chi connectivity index (χ1v) is 36.1. The van der Waals surface area contributed by atoms with Crippen LogP contribution in [0, 0.1) is 0 Å². The minimum atomic E-state index is -0.667. The van der Waals surface area contributed by atoms with Crippen molar-refractivity contribution < 1.29 is 24.5 Å². The number of hydrogen-bond acceptors (Lipinski definition) is 5. The molecule has 0 rings (SSSR count). The summed E-state index contributed by atoms with van der Waals surface area (Å²) in [6.07, 6.45) is 86.6. The number of nitrogens with one attached hydrogen (secondary N) is 1. The van der Waals surface area contributed by atoms with Gasteiger partial charge in [-0.25, -0.2) is 0 Å². The van der Waals surface area contributed by atoms with E-state index in [1.54, 1.807) is 0 Å². The van der Waals surface area contributed by atoms with Crippen LogP contribution in [0.3, 0.4) is 0 Å². The first-order chi connectivity index (χ1) is 39.0. The second-order valence-electron chi connectivity index (χ2n) is 24.9. The molecule has 0 fully saturated rings. The van der Waals surface area contributed by atoms with Gasteiger partial charge in [0.2, 0.25) is 5.91 Å². The lowest BCUT2D eigenvalue weighted by Crippen LogP contribution is -2.45. The number of allylic oxidation sites excluding steroid dienone is 4. The fourth-order valence-corrected chi connectivity index (χ4v) is 11.5. The molecule has 0 aromatic rings. The van der Waals surface area contributed by atoms with Gasteiger partial charge in [0.05, 0.1) is 25.4 Å². The van der Waals surface area contributed by atoms with Crippen molar-refractivity contribution >= 4 is 11.9 Å². The number of rotatable bonds is 68. The average molecular weight is 1110 g/mol. The molecule has 6 nitrogen and oxygen atoms in total. The smallest absolute Gasteiger partial charge is 0.305 e. The Labute approximate surface area is 494 Å². The lowest BCUT2D eigenvalue weighted by molar-refractivity contribution is -0.143. The van der Waals surface area contributed by atoms with Crippen LogP contribution in [0.15, 0.2) is 24.3 Å². The maximum Gasteiger partial charge on any atom is 0.305 e. The summed E-state index contributed by atoms with van der Waals surface area (Å²) in [5.41, 5.74) is 0. The maximum atomic E-state index is 12.6. The number of ether oxygens (including phenoxy) is 1. The molecule has 0 aromatic carbocycles. The molecule has 2 unspecified atom stereocenters. The first kappa shape index (κ1) is 77.3. The molecule has 2 atom stereocenters. The van der Waals surface area contributed by atoms with Crippen molar-refractivity contribution in [2.45, 2.75) is 418 Å². The molecule has 1 amide bonds. The van der Waals surface area contributed by atoms with E-state index in [0.29, 0.717) is 25.9 Å². The van der Waals surface area contributed by atoms with Crippen LogP contribution in [0.25, 0.3) is 0 Å².